The highest BCUT2D eigenvalue weighted by atomic mass is 79.9. The Labute approximate surface area is 201 Å². The molecule has 2 aromatic carbocycles. The summed E-state index contributed by atoms with van der Waals surface area (Å²) in [6, 6.07) is 15.7. The summed E-state index contributed by atoms with van der Waals surface area (Å²) in [5, 5.41) is 2.13. The van der Waals surface area contributed by atoms with Gasteiger partial charge in [-0.3, -0.25) is 4.79 Å². The number of hydrogen-bond acceptors (Lipinski definition) is 4. The van der Waals surface area contributed by atoms with Crippen molar-refractivity contribution in [3.8, 4) is 5.75 Å². The van der Waals surface area contributed by atoms with E-state index in [4.69, 9.17) is 9.47 Å². The quantitative estimate of drug-likeness (QED) is 0.371. The lowest BCUT2D eigenvalue weighted by Gasteiger charge is -2.34. The summed E-state index contributed by atoms with van der Waals surface area (Å²) in [6.45, 7) is 5.07. The fraction of sp³-hybridized carbons (Fsp3) is 0.320. The van der Waals surface area contributed by atoms with Gasteiger partial charge in [0.2, 0.25) is 0 Å². The number of halogens is 1. The van der Waals surface area contributed by atoms with Crippen LogP contribution in [0.25, 0.3) is 10.8 Å². The number of fused-ring (bicyclic) bond motifs is 1. The summed E-state index contributed by atoms with van der Waals surface area (Å²) in [6.07, 6.45) is 3.41. The van der Waals surface area contributed by atoms with Gasteiger partial charge in [-0.1, -0.05) is 36.4 Å². The molecule has 0 saturated carbocycles. The zero-order chi connectivity index (χ0) is 23.2. The Bertz CT molecular complexity index is 1140. The Kier molecular flexibility index (Phi) is 7.44. The summed E-state index contributed by atoms with van der Waals surface area (Å²) >= 11 is 3.46. The van der Waals surface area contributed by atoms with Crippen molar-refractivity contribution in [1.29, 1.82) is 0 Å². The number of pyridine rings is 1. The van der Waals surface area contributed by atoms with Crippen LogP contribution in [0.15, 0.2) is 65.4 Å². The molecular formula is C25H27BrN3O4+. The molecule has 0 aliphatic carbocycles. The number of benzene rings is 2. The van der Waals surface area contributed by atoms with E-state index < -0.39 is 0 Å². The molecule has 1 aliphatic rings. The van der Waals surface area contributed by atoms with Crippen LogP contribution in [0.3, 0.4) is 0 Å². The third-order valence-electron chi connectivity index (χ3n) is 5.64. The fourth-order valence-electron chi connectivity index (χ4n) is 3.87. The number of aromatic nitrogens is 1. The van der Waals surface area contributed by atoms with Crippen molar-refractivity contribution in [2.24, 2.45) is 0 Å². The average molecular weight is 513 g/mol. The van der Waals surface area contributed by atoms with Crippen molar-refractivity contribution < 1.29 is 23.6 Å². The number of hydrogen-bond donors (Lipinski definition) is 0. The molecule has 2 amide bonds. The Morgan fingerprint density at radius 2 is 1.70 bits per heavy atom. The van der Waals surface area contributed by atoms with E-state index in [1.54, 1.807) is 9.80 Å². The third kappa shape index (κ3) is 5.63. The second-order valence-electron chi connectivity index (χ2n) is 7.79. The highest BCUT2D eigenvalue weighted by Gasteiger charge is 2.27. The Hall–Kier alpha value is -3.13. The van der Waals surface area contributed by atoms with Crippen LogP contribution in [0.5, 0.6) is 5.75 Å². The second kappa shape index (κ2) is 10.7. The number of amides is 2. The van der Waals surface area contributed by atoms with Gasteiger partial charge in [0.15, 0.2) is 12.4 Å². The summed E-state index contributed by atoms with van der Waals surface area (Å²) in [4.78, 5) is 28.7. The maximum Gasteiger partial charge on any atom is 0.410 e. The number of carbonyl (C=O) groups is 2. The molecule has 0 radical (unpaired) electrons. The lowest BCUT2D eigenvalue weighted by Crippen LogP contribution is -2.51. The zero-order valence-electron chi connectivity index (χ0n) is 18.6. The first-order chi connectivity index (χ1) is 16.0. The molecule has 0 spiro atoms. The number of aryl methyl sites for hydroxylation is 1. The van der Waals surface area contributed by atoms with E-state index in [-0.39, 0.29) is 25.2 Å². The Balaban J connectivity index is 1.23. The molecule has 33 heavy (non-hydrogen) atoms. The van der Waals surface area contributed by atoms with E-state index in [2.05, 4.69) is 15.9 Å². The molecule has 1 aromatic heterocycles. The maximum absolute atomic E-state index is 12.9. The second-order valence-corrected chi connectivity index (χ2v) is 8.71. The molecule has 4 rings (SSSR count). The van der Waals surface area contributed by atoms with Gasteiger partial charge in [-0.25, -0.2) is 9.36 Å². The van der Waals surface area contributed by atoms with E-state index in [1.165, 1.54) is 0 Å². The minimum Gasteiger partial charge on any atom is -0.489 e. The minimum atomic E-state index is -0.380. The smallest absolute Gasteiger partial charge is 0.410 e. The van der Waals surface area contributed by atoms with E-state index in [9.17, 15) is 9.59 Å². The molecule has 1 aliphatic heterocycles. The molecule has 0 bridgehead atoms. The van der Waals surface area contributed by atoms with Crippen molar-refractivity contribution >= 4 is 38.7 Å². The van der Waals surface area contributed by atoms with Crippen molar-refractivity contribution in [2.75, 3.05) is 39.4 Å². The van der Waals surface area contributed by atoms with Crippen LogP contribution in [0.1, 0.15) is 17.3 Å². The van der Waals surface area contributed by atoms with Gasteiger partial charge in [-0.15, -0.1) is 0 Å². The number of ether oxygens (including phenoxy) is 2. The van der Waals surface area contributed by atoms with Crippen LogP contribution in [0.4, 0.5) is 4.79 Å². The Morgan fingerprint density at radius 3 is 2.48 bits per heavy atom. The van der Waals surface area contributed by atoms with Crippen LogP contribution in [-0.2, 0) is 11.3 Å². The Morgan fingerprint density at radius 1 is 0.970 bits per heavy atom. The van der Waals surface area contributed by atoms with Gasteiger partial charge in [-0.05, 0) is 40.4 Å². The van der Waals surface area contributed by atoms with Gasteiger partial charge in [0.1, 0.15) is 31.1 Å². The van der Waals surface area contributed by atoms with Crippen LogP contribution < -0.4 is 9.30 Å². The first-order valence-corrected chi connectivity index (χ1v) is 11.9. The molecule has 172 valence electrons. The molecule has 7 nitrogen and oxygen atoms in total. The topological polar surface area (TPSA) is 63.0 Å². The predicted molar refractivity (Wildman–Crippen MR) is 128 cm³/mol. The molecule has 0 atom stereocenters. The molecule has 8 heteroatoms. The van der Waals surface area contributed by atoms with Crippen molar-refractivity contribution in [2.45, 2.75) is 13.5 Å². The van der Waals surface area contributed by atoms with Gasteiger partial charge in [0.05, 0.1) is 4.47 Å². The van der Waals surface area contributed by atoms with Crippen molar-refractivity contribution in [1.82, 2.24) is 9.80 Å². The summed E-state index contributed by atoms with van der Waals surface area (Å²) in [5.74, 6) is 0.739. The van der Waals surface area contributed by atoms with E-state index in [1.807, 2.05) is 72.4 Å². The highest BCUT2D eigenvalue weighted by Crippen LogP contribution is 2.25. The molecular weight excluding hydrogens is 486 g/mol. The SMILES string of the molecule is CC[n+]1cc(Br)cc(C(=O)N2CCN(C(=O)OCCOc3cccc4ccccc34)CC2)c1. The van der Waals surface area contributed by atoms with Gasteiger partial charge in [0.25, 0.3) is 5.91 Å². The summed E-state index contributed by atoms with van der Waals surface area (Å²) in [7, 11) is 0. The standard InChI is InChI=1S/C25H27BrN3O4/c1-2-27-17-20(16-21(26)18-27)24(30)28-10-12-29(13-11-28)25(31)33-15-14-32-23-9-5-7-19-6-3-4-8-22(19)23/h3-9,16-18H,2,10-15H2,1H3/q+1. The van der Waals surface area contributed by atoms with Gasteiger partial charge < -0.3 is 19.3 Å². The zero-order valence-corrected chi connectivity index (χ0v) is 20.2. The molecule has 1 saturated heterocycles. The summed E-state index contributed by atoms with van der Waals surface area (Å²) in [5.41, 5.74) is 0.632. The molecule has 2 heterocycles. The number of carbonyl (C=O) groups excluding carboxylic acids is 2. The van der Waals surface area contributed by atoms with E-state index in [0.717, 1.165) is 27.5 Å². The van der Waals surface area contributed by atoms with Gasteiger partial charge >= 0.3 is 6.09 Å². The minimum absolute atomic E-state index is 0.0324. The van der Waals surface area contributed by atoms with Crippen LogP contribution in [0.2, 0.25) is 0 Å². The van der Waals surface area contributed by atoms with E-state index in [0.29, 0.717) is 31.7 Å². The number of rotatable bonds is 6. The average Bonchev–Trinajstić information content (AvgIpc) is 2.85. The van der Waals surface area contributed by atoms with E-state index >= 15 is 0 Å². The largest absolute Gasteiger partial charge is 0.489 e. The van der Waals surface area contributed by atoms with Crippen LogP contribution >= 0.6 is 15.9 Å². The normalized spacial score (nSPS) is 13.8. The summed E-state index contributed by atoms with van der Waals surface area (Å²) < 4.78 is 14.0. The van der Waals surface area contributed by atoms with Gasteiger partial charge in [0, 0.05) is 31.6 Å². The lowest BCUT2D eigenvalue weighted by atomic mass is 10.1. The van der Waals surface area contributed by atoms with Crippen LogP contribution in [-0.4, -0.2) is 61.2 Å². The third-order valence-corrected chi connectivity index (χ3v) is 6.07. The fourth-order valence-corrected chi connectivity index (χ4v) is 4.37. The van der Waals surface area contributed by atoms with Crippen molar-refractivity contribution in [3.05, 3.63) is 71.0 Å². The molecule has 3 aromatic rings. The number of piperazine rings is 1. The lowest BCUT2D eigenvalue weighted by molar-refractivity contribution is -0.694. The first kappa shape index (κ1) is 23.0. The monoisotopic (exact) mass is 512 g/mol. The maximum atomic E-state index is 12.9. The number of nitrogens with zero attached hydrogens (tertiary/aromatic N) is 3. The predicted octanol–water partition coefficient (Wildman–Crippen LogP) is 3.88. The molecule has 1 fully saturated rings. The molecule has 0 N–H and O–H groups in total. The highest BCUT2D eigenvalue weighted by molar-refractivity contribution is 9.10. The van der Waals surface area contributed by atoms with Gasteiger partial charge in [-0.2, -0.15) is 0 Å². The van der Waals surface area contributed by atoms with Crippen molar-refractivity contribution in [3.63, 3.8) is 0 Å². The first-order valence-electron chi connectivity index (χ1n) is 11.1. The molecule has 0 unspecified atom stereocenters. The van der Waals surface area contributed by atoms with Crippen LogP contribution in [0, 0.1) is 0 Å².